The SMILES string of the molecule is CCOC(OCC)[C@]1(OCC)C=C[C@@H](OCC)O1. The number of hydrogen-bond donors (Lipinski definition) is 0. The monoisotopic (exact) mass is 260 g/mol. The molecule has 0 aromatic rings. The van der Waals surface area contributed by atoms with Gasteiger partial charge in [-0.2, -0.15) is 0 Å². The van der Waals surface area contributed by atoms with E-state index in [4.69, 9.17) is 23.7 Å². The number of ether oxygens (including phenoxy) is 5. The van der Waals surface area contributed by atoms with Crippen molar-refractivity contribution >= 4 is 0 Å². The standard InChI is InChI=1S/C13H24O5/c1-5-14-11-9-10-13(18-11,17-8-4)12(15-6-2)16-7-3/h9-12H,5-8H2,1-4H3/t11-,13-/m0/s1. The second-order valence-electron chi connectivity index (χ2n) is 3.70. The highest BCUT2D eigenvalue weighted by Crippen LogP contribution is 2.31. The van der Waals surface area contributed by atoms with E-state index in [0.29, 0.717) is 26.4 Å². The maximum atomic E-state index is 5.79. The van der Waals surface area contributed by atoms with Crippen LogP contribution in [0.25, 0.3) is 0 Å². The fourth-order valence-corrected chi connectivity index (χ4v) is 1.82. The maximum Gasteiger partial charge on any atom is 0.243 e. The van der Waals surface area contributed by atoms with Gasteiger partial charge in [0.2, 0.25) is 12.1 Å². The average molecular weight is 260 g/mol. The Balaban J connectivity index is 2.76. The molecule has 0 bridgehead atoms. The molecule has 0 amide bonds. The van der Waals surface area contributed by atoms with E-state index in [1.165, 1.54) is 0 Å². The lowest BCUT2D eigenvalue weighted by Crippen LogP contribution is -2.48. The molecule has 0 spiro atoms. The minimum Gasteiger partial charge on any atom is -0.349 e. The van der Waals surface area contributed by atoms with Gasteiger partial charge < -0.3 is 23.7 Å². The first-order valence-electron chi connectivity index (χ1n) is 6.58. The van der Waals surface area contributed by atoms with Crippen LogP contribution >= 0.6 is 0 Å². The Morgan fingerprint density at radius 3 is 2.22 bits per heavy atom. The third-order valence-electron chi connectivity index (χ3n) is 2.45. The second-order valence-corrected chi connectivity index (χ2v) is 3.70. The Morgan fingerprint density at radius 1 is 1.06 bits per heavy atom. The van der Waals surface area contributed by atoms with Crippen LogP contribution in [0.3, 0.4) is 0 Å². The summed E-state index contributed by atoms with van der Waals surface area (Å²) in [5, 5.41) is 0. The van der Waals surface area contributed by atoms with Crippen LogP contribution in [0.1, 0.15) is 27.7 Å². The molecule has 1 aliphatic heterocycles. The Hall–Kier alpha value is -0.460. The summed E-state index contributed by atoms with van der Waals surface area (Å²) in [5.41, 5.74) is 0. The Morgan fingerprint density at radius 2 is 1.72 bits per heavy atom. The molecule has 0 radical (unpaired) electrons. The van der Waals surface area contributed by atoms with E-state index < -0.39 is 18.4 Å². The summed E-state index contributed by atoms with van der Waals surface area (Å²) in [6.45, 7) is 9.76. The van der Waals surface area contributed by atoms with Crippen molar-refractivity contribution < 1.29 is 23.7 Å². The van der Waals surface area contributed by atoms with Crippen LogP contribution in [0.4, 0.5) is 0 Å². The molecule has 1 rings (SSSR count). The number of hydrogen-bond acceptors (Lipinski definition) is 5. The molecule has 0 saturated heterocycles. The van der Waals surface area contributed by atoms with Crippen molar-refractivity contribution in [3.05, 3.63) is 12.2 Å². The fourth-order valence-electron chi connectivity index (χ4n) is 1.82. The molecule has 0 saturated carbocycles. The summed E-state index contributed by atoms with van der Waals surface area (Å²) in [7, 11) is 0. The van der Waals surface area contributed by atoms with Gasteiger partial charge in [0, 0.05) is 26.4 Å². The zero-order valence-corrected chi connectivity index (χ0v) is 11.7. The molecule has 1 aliphatic rings. The van der Waals surface area contributed by atoms with Crippen molar-refractivity contribution in [1.82, 2.24) is 0 Å². The Kier molecular flexibility index (Phi) is 6.81. The molecule has 18 heavy (non-hydrogen) atoms. The molecule has 2 atom stereocenters. The predicted molar refractivity (Wildman–Crippen MR) is 67.0 cm³/mol. The third-order valence-corrected chi connectivity index (χ3v) is 2.45. The van der Waals surface area contributed by atoms with E-state index in [1.54, 1.807) is 0 Å². The second kappa shape index (κ2) is 7.86. The van der Waals surface area contributed by atoms with Crippen molar-refractivity contribution in [2.75, 3.05) is 26.4 Å². The molecular formula is C13H24O5. The Bertz CT molecular complexity index is 250. The van der Waals surface area contributed by atoms with E-state index in [9.17, 15) is 0 Å². The number of rotatable bonds is 9. The lowest BCUT2D eigenvalue weighted by Gasteiger charge is -2.34. The van der Waals surface area contributed by atoms with E-state index >= 15 is 0 Å². The third kappa shape index (κ3) is 3.76. The zero-order valence-electron chi connectivity index (χ0n) is 11.7. The lowest BCUT2D eigenvalue weighted by molar-refractivity contribution is -0.348. The summed E-state index contributed by atoms with van der Waals surface area (Å²) >= 11 is 0. The fraction of sp³-hybridized carbons (Fsp3) is 0.846. The molecule has 0 aromatic carbocycles. The van der Waals surface area contributed by atoms with Gasteiger partial charge in [-0.05, 0) is 39.8 Å². The van der Waals surface area contributed by atoms with Gasteiger partial charge in [0.25, 0.3) is 0 Å². The van der Waals surface area contributed by atoms with Crippen LogP contribution in [0, 0.1) is 0 Å². The van der Waals surface area contributed by atoms with Crippen LogP contribution in [0.2, 0.25) is 0 Å². The van der Waals surface area contributed by atoms with Crippen molar-refractivity contribution in [2.24, 2.45) is 0 Å². The van der Waals surface area contributed by atoms with Gasteiger partial charge in [0.15, 0.2) is 6.29 Å². The molecular weight excluding hydrogens is 236 g/mol. The maximum absolute atomic E-state index is 5.79. The van der Waals surface area contributed by atoms with Crippen molar-refractivity contribution in [3.8, 4) is 0 Å². The van der Waals surface area contributed by atoms with Gasteiger partial charge in [-0.1, -0.05) is 0 Å². The van der Waals surface area contributed by atoms with Crippen molar-refractivity contribution in [2.45, 2.75) is 46.1 Å². The van der Waals surface area contributed by atoms with Gasteiger partial charge in [-0.25, -0.2) is 0 Å². The molecule has 106 valence electrons. The van der Waals surface area contributed by atoms with Crippen molar-refractivity contribution in [3.63, 3.8) is 0 Å². The first kappa shape index (κ1) is 15.6. The van der Waals surface area contributed by atoms with Gasteiger partial charge in [0.1, 0.15) is 0 Å². The average Bonchev–Trinajstić information content (AvgIpc) is 2.74. The first-order valence-corrected chi connectivity index (χ1v) is 6.58. The summed E-state index contributed by atoms with van der Waals surface area (Å²) in [4.78, 5) is 0. The molecule has 0 aromatic heterocycles. The van der Waals surface area contributed by atoms with E-state index in [1.807, 2.05) is 39.8 Å². The first-order chi connectivity index (χ1) is 8.72. The van der Waals surface area contributed by atoms with Gasteiger partial charge in [-0.15, -0.1) is 0 Å². The zero-order chi connectivity index (χ0) is 13.4. The minimum atomic E-state index is -1.01. The molecule has 0 fully saturated rings. The van der Waals surface area contributed by atoms with E-state index in [2.05, 4.69) is 0 Å². The molecule has 1 heterocycles. The highest BCUT2D eigenvalue weighted by Gasteiger charge is 2.46. The molecule has 0 unspecified atom stereocenters. The predicted octanol–water partition coefficient (Wildman–Crippen LogP) is 2.07. The largest absolute Gasteiger partial charge is 0.349 e. The normalized spacial score (nSPS) is 27.3. The molecule has 0 N–H and O–H groups in total. The van der Waals surface area contributed by atoms with Crippen LogP contribution in [-0.4, -0.2) is 44.8 Å². The van der Waals surface area contributed by atoms with Crippen molar-refractivity contribution in [1.29, 1.82) is 0 Å². The van der Waals surface area contributed by atoms with Crippen LogP contribution in [0.15, 0.2) is 12.2 Å². The quantitative estimate of drug-likeness (QED) is 0.469. The van der Waals surface area contributed by atoms with Gasteiger partial charge in [0.05, 0.1) is 0 Å². The molecule has 0 aliphatic carbocycles. The summed E-state index contributed by atoms with van der Waals surface area (Å²) in [6.07, 6.45) is 2.64. The van der Waals surface area contributed by atoms with E-state index in [-0.39, 0.29) is 0 Å². The highest BCUT2D eigenvalue weighted by molar-refractivity contribution is 5.07. The summed E-state index contributed by atoms with van der Waals surface area (Å²) < 4.78 is 28.0. The highest BCUT2D eigenvalue weighted by atomic mass is 16.8. The molecule has 5 nitrogen and oxygen atoms in total. The van der Waals surface area contributed by atoms with E-state index in [0.717, 1.165) is 0 Å². The molecule has 5 heteroatoms. The van der Waals surface area contributed by atoms with Crippen LogP contribution < -0.4 is 0 Å². The smallest absolute Gasteiger partial charge is 0.243 e. The summed E-state index contributed by atoms with van der Waals surface area (Å²) in [5.74, 6) is -1.01. The Labute approximate surface area is 109 Å². The lowest BCUT2D eigenvalue weighted by atomic mass is 10.2. The topological polar surface area (TPSA) is 46.2 Å². The summed E-state index contributed by atoms with van der Waals surface area (Å²) in [6, 6.07) is 0. The van der Waals surface area contributed by atoms with Gasteiger partial charge in [-0.3, -0.25) is 0 Å². The van der Waals surface area contributed by atoms with Gasteiger partial charge >= 0.3 is 0 Å². The minimum absolute atomic E-state index is 0.412. The van der Waals surface area contributed by atoms with Crippen LogP contribution in [0.5, 0.6) is 0 Å². The van der Waals surface area contributed by atoms with Crippen LogP contribution in [-0.2, 0) is 23.7 Å².